The Morgan fingerprint density at radius 2 is 2.05 bits per heavy atom. The number of amides is 2. The van der Waals surface area contributed by atoms with Crippen LogP contribution in [0.3, 0.4) is 0 Å². The zero-order chi connectivity index (χ0) is 15.4. The van der Waals surface area contributed by atoms with E-state index in [-0.39, 0.29) is 17.3 Å². The second kappa shape index (κ2) is 6.49. The fourth-order valence-electron chi connectivity index (χ4n) is 1.42. The molecular formula is C13H10BrF2N3O2. The Bertz CT molecular complexity index is 682. The summed E-state index contributed by atoms with van der Waals surface area (Å²) in [5, 5.41) is 4.82. The van der Waals surface area contributed by atoms with Crippen molar-refractivity contribution in [1.82, 2.24) is 10.3 Å². The molecule has 2 rings (SSSR count). The van der Waals surface area contributed by atoms with E-state index in [9.17, 15) is 13.6 Å². The molecule has 0 radical (unpaired) electrons. The first-order valence-electron chi connectivity index (χ1n) is 5.77. The minimum absolute atomic E-state index is 0.144. The number of ether oxygens (including phenoxy) is 1. The molecule has 1 aromatic carbocycles. The molecule has 0 aliphatic carbocycles. The van der Waals surface area contributed by atoms with Gasteiger partial charge in [0.15, 0.2) is 11.6 Å². The van der Waals surface area contributed by atoms with Gasteiger partial charge in [-0.1, -0.05) is 0 Å². The Balaban J connectivity index is 2.26. The molecular weight excluding hydrogens is 348 g/mol. The molecule has 110 valence electrons. The van der Waals surface area contributed by atoms with Crippen molar-refractivity contribution in [2.24, 2.45) is 0 Å². The second-order valence-electron chi connectivity index (χ2n) is 3.88. The summed E-state index contributed by atoms with van der Waals surface area (Å²) in [6.45, 7) is 0. The summed E-state index contributed by atoms with van der Waals surface area (Å²) in [6, 6.07) is 3.92. The van der Waals surface area contributed by atoms with Crippen molar-refractivity contribution in [1.29, 1.82) is 0 Å². The average molecular weight is 358 g/mol. The van der Waals surface area contributed by atoms with E-state index in [1.54, 1.807) is 0 Å². The highest BCUT2D eigenvalue weighted by atomic mass is 79.9. The number of nitrogens with one attached hydrogen (secondary N) is 2. The van der Waals surface area contributed by atoms with E-state index in [0.29, 0.717) is 10.5 Å². The third kappa shape index (κ3) is 3.88. The number of nitrogens with zero attached hydrogens (tertiary/aromatic N) is 1. The molecule has 2 N–H and O–H groups in total. The molecule has 0 spiro atoms. The zero-order valence-corrected chi connectivity index (χ0v) is 12.4. The van der Waals surface area contributed by atoms with Crippen LogP contribution in [-0.4, -0.2) is 18.1 Å². The molecule has 8 heteroatoms. The van der Waals surface area contributed by atoms with Gasteiger partial charge in [-0.15, -0.1) is 0 Å². The Morgan fingerprint density at radius 1 is 1.29 bits per heavy atom. The van der Waals surface area contributed by atoms with Gasteiger partial charge in [-0.25, -0.2) is 18.6 Å². The fourth-order valence-corrected chi connectivity index (χ4v) is 1.72. The first-order valence-corrected chi connectivity index (χ1v) is 6.56. The SMILES string of the molecule is CNC(=O)Nc1cc(Oc2ccc(F)cc2F)c(Br)cn1. The van der Waals surface area contributed by atoms with E-state index in [2.05, 4.69) is 31.5 Å². The Morgan fingerprint density at radius 3 is 2.71 bits per heavy atom. The largest absolute Gasteiger partial charge is 0.453 e. The third-order valence-corrected chi connectivity index (χ3v) is 3.00. The molecule has 0 bridgehead atoms. The smallest absolute Gasteiger partial charge is 0.320 e. The maximum atomic E-state index is 13.6. The zero-order valence-electron chi connectivity index (χ0n) is 10.8. The van der Waals surface area contributed by atoms with E-state index in [1.165, 1.54) is 25.4 Å². The van der Waals surface area contributed by atoms with Crippen LogP contribution in [0.1, 0.15) is 0 Å². The van der Waals surface area contributed by atoms with Crippen molar-refractivity contribution in [3.8, 4) is 11.5 Å². The van der Waals surface area contributed by atoms with Gasteiger partial charge < -0.3 is 10.1 Å². The number of urea groups is 1. The van der Waals surface area contributed by atoms with Crippen LogP contribution in [0.15, 0.2) is 34.9 Å². The molecule has 0 aliphatic heterocycles. The lowest BCUT2D eigenvalue weighted by molar-refractivity contribution is 0.254. The van der Waals surface area contributed by atoms with Crippen LogP contribution in [0.4, 0.5) is 19.4 Å². The van der Waals surface area contributed by atoms with E-state index >= 15 is 0 Å². The van der Waals surface area contributed by atoms with Crippen molar-refractivity contribution in [2.75, 3.05) is 12.4 Å². The van der Waals surface area contributed by atoms with E-state index < -0.39 is 17.7 Å². The Hall–Kier alpha value is -2.22. The average Bonchev–Trinajstić information content (AvgIpc) is 2.45. The molecule has 2 amide bonds. The number of pyridine rings is 1. The standard InChI is InChI=1S/C13H10BrF2N3O2/c1-17-13(20)19-12-5-11(8(14)6-18-12)21-10-3-2-7(15)4-9(10)16/h2-6H,1H3,(H2,17,18,19,20). The highest BCUT2D eigenvalue weighted by molar-refractivity contribution is 9.10. The lowest BCUT2D eigenvalue weighted by Crippen LogP contribution is -2.24. The topological polar surface area (TPSA) is 63.2 Å². The number of hydrogen-bond donors (Lipinski definition) is 2. The van der Waals surface area contributed by atoms with Crippen LogP contribution < -0.4 is 15.4 Å². The lowest BCUT2D eigenvalue weighted by atomic mass is 10.3. The predicted octanol–water partition coefficient (Wildman–Crippen LogP) is 3.67. The van der Waals surface area contributed by atoms with Crippen LogP contribution in [0.25, 0.3) is 0 Å². The number of aromatic nitrogens is 1. The van der Waals surface area contributed by atoms with Gasteiger partial charge in [-0.2, -0.15) is 0 Å². The van der Waals surface area contributed by atoms with Gasteiger partial charge in [0, 0.05) is 25.4 Å². The Labute approximate surface area is 127 Å². The number of benzene rings is 1. The molecule has 2 aromatic rings. The number of carbonyl (C=O) groups is 1. The monoisotopic (exact) mass is 357 g/mol. The van der Waals surface area contributed by atoms with Crippen LogP contribution in [0.2, 0.25) is 0 Å². The summed E-state index contributed by atoms with van der Waals surface area (Å²) in [4.78, 5) is 15.2. The van der Waals surface area contributed by atoms with E-state index in [4.69, 9.17) is 4.74 Å². The van der Waals surface area contributed by atoms with E-state index in [0.717, 1.165) is 6.07 Å². The molecule has 1 heterocycles. The number of anilines is 1. The normalized spacial score (nSPS) is 10.1. The van der Waals surface area contributed by atoms with Crippen molar-refractivity contribution in [2.45, 2.75) is 0 Å². The van der Waals surface area contributed by atoms with Gasteiger partial charge in [-0.3, -0.25) is 5.32 Å². The van der Waals surface area contributed by atoms with Crippen LogP contribution >= 0.6 is 15.9 Å². The van der Waals surface area contributed by atoms with Crippen molar-refractivity contribution in [3.63, 3.8) is 0 Å². The summed E-state index contributed by atoms with van der Waals surface area (Å²) in [6.07, 6.45) is 1.39. The maximum Gasteiger partial charge on any atom is 0.320 e. The van der Waals surface area contributed by atoms with Crippen molar-refractivity contribution < 1.29 is 18.3 Å². The second-order valence-corrected chi connectivity index (χ2v) is 4.74. The molecule has 0 aliphatic rings. The van der Waals surface area contributed by atoms with E-state index in [1.807, 2.05) is 0 Å². The quantitative estimate of drug-likeness (QED) is 0.880. The van der Waals surface area contributed by atoms with Crippen LogP contribution in [-0.2, 0) is 0 Å². The Kier molecular flexibility index (Phi) is 4.69. The summed E-state index contributed by atoms with van der Waals surface area (Å²) < 4.78 is 32.2. The van der Waals surface area contributed by atoms with Gasteiger partial charge in [-0.05, 0) is 28.1 Å². The van der Waals surface area contributed by atoms with Crippen molar-refractivity contribution >= 4 is 27.8 Å². The molecule has 0 fully saturated rings. The molecule has 21 heavy (non-hydrogen) atoms. The number of rotatable bonds is 3. The summed E-state index contributed by atoms with van der Waals surface area (Å²) in [5.74, 6) is -1.23. The highest BCUT2D eigenvalue weighted by Crippen LogP contribution is 2.32. The molecule has 0 saturated carbocycles. The number of carbonyl (C=O) groups excluding carboxylic acids is 1. The fraction of sp³-hybridized carbons (Fsp3) is 0.0769. The predicted molar refractivity (Wildman–Crippen MR) is 76.4 cm³/mol. The summed E-state index contributed by atoms with van der Waals surface area (Å²) in [5.41, 5.74) is 0. The van der Waals surface area contributed by atoms with Crippen LogP contribution in [0, 0.1) is 11.6 Å². The molecule has 0 unspecified atom stereocenters. The van der Waals surface area contributed by atoms with Crippen molar-refractivity contribution in [3.05, 3.63) is 46.6 Å². The van der Waals surface area contributed by atoms with Gasteiger partial charge in [0.05, 0.1) is 4.47 Å². The summed E-state index contributed by atoms with van der Waals surface area (Å²) >= 11 is 3.20. The minimum Gasteiger partial charge on any atom is -0.453 e. The first-order chi connectivity index (χ1) is 9.99. The van der Waals surface area contributed by atoms with Crippen LogP contribution in [0.5, 0.6) is 11.5 Å². The van der Waals surface area contributed by atoms with Gasteiger partial charge >= 0.3 is 6.03 Å². The van der Waals surface area contributed by atoms with Gasteiger partial charge in [0.25, 0.3) is 0 Å². The molecule has 1 aromatic heterocycles. The lowest BCUT2D eigenvalue weighted by Gasteiger charge is -2.10. The molecule has 0 saturated heterocycles. The van der Waals surface area contributed by atoms with Gasteiger partial charge in [0.1, 0.15) is 17.4 Å². The molecule has 0 atom stereocenters. The first kappa shape index (κ1) is 15.2. The molecule has 5 nitrogen and oxygen atoms in total. The van der Waals surface area contributed by atoms with Gasteiger partial charge in [0.2, 0.25) is 0 Å². The highest BCUT2D eigenvalue weighted by Gasteiger charge is 2.11. The maximum absolute atomic E-state index is 13.6. The number of halogens is 3. The minimum atomic E-state index is -0.834. The number of hydrogen-bond acceptors (Lipinski definition) is 3. The third-order valence-electron chi connectivity index (χ3n) is 2.40. The summed E-state index contributed by atoms with van der Waals surface area (Å²) in [7, 11) is 1.46.